The molecule has 0 aromatic heterocycles. The Morgan fingerprint density at radius 1 is 1.12 bits per heavy atom. The second-order valence-electron chi connectivity index (χ2n) is 6.14. The predicted octanol–water partition coefficient (Wildman–Crippen LogP) is 4.06. The highest BCUT2D eigenvalue weighted by Gasteiger charge is 2.23. The number of rotatable bonds is 2. The van der Waals surface area contributed by atoms with Crippen molar-refractivity contribution < 1.29 is 9.47 Å². The Hall–Kier alpha value is -0.340. The minimum atomic E-state index is 0.0138. The van der Waals surface area contributed by atoms with Crippen molar-refractivity contribution in [2.24, 2.45) is 5.41 Å². The molecule has 1 saturated heterocycles. The van der Waals surface area contributed by atoms with E-state index in [1.807, 2.05) is 0 Å². The van der Waals surface area contributed by atoms with Crippen molar-refractivity contribution in [3.8, 4) is 0 Å². The van der Waals surface area contributed by atoms with E-state index < -0.39 is 0 Å². The summed E-state index contributed by atoms with van der Waals surface area (Å²) in [4.78, 5) is 0. The number of hydrogen-bond donors (Lipinski definition) is 0. The highest BCUT2D eigenvalue weighted by molar-refractivity contribution is 5.07. The SMILES string of the molecule is CC1(C)CCC(=CCC2OCCCCO2)CC1. The Morgan fingerprint density at radius 2 is 1.71 bits per heavy atom. The fraction of sp³-hybridized carbons (Fsp3) is 0.867. The van der Waals surface area contributed by atoms with Gasteiger partial charge in [0.1, 0.15) is 0 Å². The molecule has 1 heterocycles. The molecule has 0 aromatic rings. The first-order chi connectivity index (χ1) is 8.16. The van der Waals surface area contributed by atoms with E-state index in [9.17, 15) is 0 Å². The van der Waals surface area contributed by atoms with Crippen LogP contribution in [0.1, 0.15) is 58.8 Å². The van der Waals surface area contributed by atoms with Gasteiger partial charge in [-0.1, -0.05) is 25.5 Å². The summed E-state index contributed by atoms with van der Waals surface area (Å²) in [5.74, 6) is 0. The topological polar surface area (TPSA) is 18.5 Å². The van der Waals surface area contributed by atoms with Crippen molar-refractivity contribution in [3.05, 3.63) is 11.6 Å². The molecule has 1 saturated carbocycles. The predicted molar refractivity (Wildman–Crippen MR) is 69.9 cm³/mol. The fourth-order valence-electron chi connectivity index (χ4n) is 2.53. The third-order valence-corrected chi connectivity index (χ3v) is 3.99. The highest BCUT2D eigenvalue weighted by Crippen LogP contribution is 2.37. The fourth-order valence-corrected chi connectivity index (χ4v) is 2.53. The molecule has 0 spiro atoms. The molecular formula is C15H26O2. The molecule has 98 valence electrons. The largest absolute Gasteiger partial charge is 0.352 e. The molecule has 2 fully saturated rings. The molecule has 0 atom stereocenters. The molecule has 2 rings (SSSR count). The lowest BCUT2D eigenvalue weighted by atomic mass is 9.75. The maximum Gasteiger partial charge on any atom is 0.160 e. The van der Waals surface area contributed by atoms with Gasteiger partial charge >= 0.3 is 0 Å². The molecule has 0 amide bonds. The van der Waals surface area contributed by atoms with Crippen LogP contribution in [0.4, 0.5) is 0 Å². The summed E-state index contributed by atoms with van der Waals surface area (Å²) in [7, 11) is 0. The molecule has 2 heteroatoms. The van der Waals surface area contributed by atoms with Crippen LogP contribution in [0.2, 0.25) is 0 Å². The second-order valence-corrected chi connectivity index (χ2v) is 6.14. The van der Waals surface area contributed by atoms with Crippen molar-refractivity contribution in [3.63, 3.8) is 0 Å². The number of hydrogen-bond acceptors (Lipinski definition) is 2. The van der Waals surface area contributed by atoms with Crippen LogP contribution in [0.25, 0.3) is 0 Å². The number of ether oxygens (including phenoxy) is 2. The van der Waals surface area contributed by atoms with Gasteiger partial charge in [-0.05, 0) is 43.9 Å². The van der Waals surface area contributed by atoms with Gasteiger partial charge in [-0.15, -0.1) is 0 Å². The van der Waals surface area contributed by atoms with Crippen LogP contribution < -0.4 is 0 Å². The first kappa shape index (κ1) is 13.1. The Morgan fingerprint density at radius 3 is 2.29 bits per heavy atom. The molecule has 0 bridgehead atoms. The summed E-state index contributed by atoms with van der Waals surface area (Å²) in [6.45, 7) is 6.48. The van der Waals surface area contributed by atoms with Crippen LogP contribution in [0.15, 0.2) is 11.6 Å². The van der Waals surface area contributed by atoms with E-state index in [2.05, 4.69) is 19.9 Å². The van der Waals surface area contributed by atoms with Crippen LogP contribution in [0.5, 0.6) is 0 Å². The molecule has 17 heavy (non-hydrogen) atoms. The van der Waals surface area contributed by atoms with Crippen molar-refractivity contribution in [2.45, 2.75) is 65.1 Å². The van der Waals surface area contributed by atoms with E-state index >= 15 is 0 Å². The molecule has 1 aliphatic carbocycles. The van der Waals surface area contributed by atoms with E-state index in [0.29, 0.717) is 5.41 Å². The van der Waals surface area contributed by atoms with E-state index in [-0.39, 0.29) is 6.29 Å². The van der Waals surface area contributed by atoms with Crippen LogP contribution >= 0.6 is 0 Å². The van der Waals surface area contributed by atoms with Gasteiger partial charge in [-0.2, -0.15) is 0 Å². The van der Waals surface area contributed by atoms with Gasteiger partial charge in [-0.25, -0.2) is 0 Å². The van der Waals surface area contributed by atoms with E-state index in [1.54, 1.807) is 5.57 Å². The van der Waals surface area contributed by atoms with E-state index in [4.69, 9.17) is 9.47 Å². The summed E-state index contributed by atoms with van der Waals surface area (Å²) in [5.41, 5.74) is 2.16. The normalized spacial score (nSPS) is 26.6. The van der Waals surface area contributed by atoms with Crippen molar-refractivity contribution in [1.82, 2.24) is 0 Å². The maximum atomic E-state index is 5.67. The molecule has 1 aliphatic heterocycles. The quantitative estimate of drug-likeness (QED) is 0.675. The lowest BCUT2D eigenvalue weighted by molar-refractivity contribution is -0.123. The number of allylic oxidation sites excluding steroid dienone is 1. The van der Waals surface area contributed by atoms with Gasteiger partial charge in [0.25, 0.3) is 0 Å². The average molecular weight is 238 g/mol. The molecule has 2 aliphatic rings. The zero-order valence-electron chi connectivity index (χ0n) is 11.3. The Kier molecular flexibility index (Phi) is 4.63. The van der Waals surface area contributed by atoms with E-state index in [1.165, 1.54) is 25.7 Å². The van der Waals surface area contributed by atoms with Gasteiger partial charge in [0, 0.05) is 19.6 Å². The lowest BCUT2D eigenvalue weighted by Gasteiger charge is -2.31. The third kappa shape index (κ3) is 4.44. The minimum Gasteiger partial charge on any atom is -0.352 e. The molecule has 2 nitrogen and oxygen atoms in total. The van der Waals surface area contributed by atoms with Crippen LogP contribution in [0, 0.1) is 5.41 Å². The Labute approximate surface area is 105 Å². The molecular weight excluding hydrogens is 212 g/mol. The van der Waals surface area contributed by atoms with Gasteiger partial charge < -0.3 is 9.47 Å². The van der Waals surface area contributed by atoms with E-state index in [0.717, 1.165) is 32.5 Å². The van der Waals surface area contributed by atoms with Crippen molar-refractivity contribution in [1.29, 1.82) is 0 Å². The maximum absolute atomic E-state index is 5.67. The van der Waals surface area contributed by atoms with Gasteiger partial charge in [0.2, 0.25) is 0 Å². The van der Waals surface area contributed by atoms with Crippen LogP contribution in [-0.4, -0.2) is 19.5 Å². The summed E-state index contributed by atoms with van der Waals surface area (Å²) in [6, 6.07) is 0. The summed E-state index contributed by atoms with van der Waals surface area (Å²) in [5, 5.41) is 0. The first-order valence-electron chi connectivity index (χ1n) is 7.07. The summed E-state index contributed by atoms with van der Waals surface area (Å²) >= 11 is 0. The molecule has 0 unspecified atom stereocenters. The van der Waals surface area contributed by atoms with Crippen LogP contribution in [0.3, 0.4) is 0 Å². The molecule has 0 radical (unpaired) electrons. The average Bonchev–Trinajstić information content (AvgIpc) is 2.56. The lowest BCUT2D eigenvalue weighted by Crippen LogP contribution is -2.18. The van der Waals surface area contributed by atoms with Gasteiger partial charge in [-0.3, -0.25) is 0 Å². The van der Waals surface area contributed by atoms with Crippen molar-refractivity contribution in [2.75, 3.05) is 13.2 Å². The molecule has 0 N–H and O–H groups in total. The zero-order valence-corrected chi connectivity index (χ0v) is 11.3. The van der Waals surface area contributed by atoms with Gasteiger partial charge in [0.05, 0.1) is 0 Å². The first-order valence-corrected chi connectivity index (χ1v) is 7.07. The molecule has 0 aromatic carbocycles. The minimum absolute atomic E-state index is 0.0138. The summed E-state index contributed by atoms with van der Waals surface area (Å²) < 4.78 is 11.3. The van der Waals surface area contributed by atoms with Crippen molar-refractivity contribution >= 4 is 0 Å². The Bertz CT molecular complexity index is 248. The monoisotopic (exact) mass is 238 g/mol. The smallest absolute Gasteiger partial charge is 0.160 e. The Balaban J connectivity index is 1.76. The zero-order chi connectivity index (χ0) is 12.1. The van der Waals surface area contributed by atoms with Gasteiger partial charge in [0.15, 0.2) is 6.29 Å². The second kappa shape index (κ2) is 6.01. The highest BCUT2D eigenvalue weighted by atomic mass is 16.7. The standard InChI is InChI=1S/C15H26O2/c1-15(2)9-7-13(8-10-15)5-6-14-16-11-3-4-12-17-14/h5,14H,3-4,6-12H2,1-2H3. The summed E-state index contributed by atoms with van der Waals surface area (Å²) in [6.07, 6.45) is 10.8. The third-order valence-electron chi connectivity index (χ3n) is 3.99. The van der Waals surface area contributed by atoms with Crippen LogP contribution in [-0.2, 0) is 9.47 Å².